The summed E-state index contributed by atoms with van der Waals surface area (Å²) in [6.07, 6.45) is 1.45. The Morgan fingerprint density at radius 1 is 1.03 bits per heavy atom. The van der Waals surface area contributed by atoms with Gasteiger partial charge in [-0.3, -0.25) is 13.9 Å². The van der Waals surface area contributed by atoms with Crippen molar-refractivity contribution in [2.45, 2.75) is 38.5 Å². The van der Waals surface area contributed by atoms with Gasteiger partial charge in [0.25, 0.3) is 10.0 Å². The highest BCUT2D eigenvalue weighted by atomic mass is 32.2. The van der Waals surface area contributed by atoms with Crippen LogP contribution in [-0.2, 0) is 26.0 Å². The molecule has 2 amide bonds. The number of carbonyl (C=O) groups is 2. The molecular weight excluding hydrogens is 440 g/mol. The molecule has 3 rings (SSSR count). The number of likely N-dealkylation sites (N-methyl/N-ethyl adjacent to an activating group) is 1. The predicted molar refractivity (Wildman–Crippen MR) is 130 cm³/mol. The third-order valence-corrected chi connectivity index (χ3v) is 7.67. The largest absolute Gasteiger partial charge is 0.347 e. The molecule has 8 nitrogen and oxygen atoms in total. The molecular formula is C24H32N4O4S. The molecule has 0 saturated heterocycles. The molecule has 2 aromatic rings. The highest BCUT2D eigenvalue weighted by Crippen LogP contribution is 2.34. The first-order valence-electron chi connectivity index (χ1n) is 11.3. The molecule has 0 fully saturated rings. The molecule has 33 heavy (non-hydrogen) atoms. The van der Waals surface area contributed by atoms with E-state index in [-0.39, 0.29) is 4.90 Å². The van der Waals surface area contributed by atoms with Crippen LogP contribution in [0.25, 0.3) is 0 Å². The Balaban J connectivity index is 1.74. The topological polar surface area (TPSA) is 98.8 Å². The van der Waals surface area contributed by atoms with Gasteiger partial charge in [-0.05, 0) is 62.7 Å². The zero-order valence-electron chi connectivity index (χ0n) is 19.4. The lowest BCUT2D eigenvalue weighted by molar-refractivity contribution is -0.136. The minimum atomic E-state index is -3.74. The van der Waals surface area contributed by atoms with Gasteiger partial charge in [-0.2, -0.15) is 0 Å². The van der Waals surface area contributed by atoms with E-state index in [1.54, 1.807) is 42.5 Å². The van der Waals surface area contributed by atoms with Gasteiger partial charge in [0, 0.05) is 25.3 Å². The predicted octanol–water partition coefficient (Wildman–Crippen LogP) is 2.53. The molecule has 0 aliphatic carbocycles. The molecule has 9 heteroatoms. The SMILES string of the molecule is CCN(CC)CCNC(=O)C(=O)Nc1ccc2c(c1)N(S(=O)(=O)c1ccc(C)cc1)CCC2. The van der Waals surface area contributed by atoms with Crippen molar-refractivity contribution in [2.24, 2.45) is 0 Å². The van der Waals surface area contributed by atoms with E-state index >= 15 is 0 Å². The van der Waals surface area contributed by atoms with Gasteiger partial charge in [0.2, 0.25) is 0 Å². The normalized spacial score (nSPS) is 13.5. The van der Waals surface area contributed by atoms with Crippen molar-refractivity contribution < 1.29 is 18.0 Å². The number of rotatable bonds is 8. The number of amides is 2. The Morgan fingerprint density at radius 2 is 1.73 bits per heavy atom. The van der Waals surface area contributed by atoms with Crippen molar-refractivity contribution >= 4 is 33.2 Å². The van der Waals surface area contributed by atoms with E-state index in [1.165, 1.54) is 4.31 Å². The lowest BCUT2D eigenvalue weighted by Crippen LogP contribution is -2.40. The van der Waals surface area contributed by atoms with Crippen LogP contribution in [0.2, 0.25) is 0 Å². The number of nitrogens with zero attached hydrogens (tertiary/aromatic N) is 2. The van der Waals surface area contributed by atoms with Crippen LogP contribution in [-0.4, -0.2) is 57.9 Å². The summed E-state index contributed by atoms with van der Waals surface area (Å²) in [5, 5.41) is 5.22. The Labute approximate surface area is 196 Å². The van der Waals surface area contributed by atoms with Crippen molar-refractivity contribution in [2.75, 3.05) is 42.3 Å². The highest BCUT2D eigenvalue weighted by molar-refractivity contribution is 7.92. The summed E-state index contributed by atoms with van der Waals surface area (Å²) in [5.74, 6) is -1.50. The van der Waals surface area contributed by atoms with E-state index in [0.29, 0.717) is 37.4 Å². The first kappa shape index (κ1) is 24.7. The average Bonchev–Trinajstić information content (AvgIpc) is 2.81. The number of anilines is 2. The lowest BCUT2D eigenvalue weighted by atomic mass is 10.0. The fourth-order valence-corrected chi connectivity index (χ4v) is 5.37. The second-order valence-corrected chi connectivity index (χ2v) is 9.94. The Bertz CT molecular complexity index is 1100. The molecule has 0 saturated carbocycles. The van der Waals surface area contributed by atoms with Crippen molar-refractivity contribution in [3.05, 3.63) is 53.6 Å². The van der Waals surface area contributed by atoms with Crippen molar-refractivity contribution in [1.29, 1.82) is 0 Å². The number of nitrogens with one attached hydrogen (secondary N) is 2. The first-order valence-corrected chi connectivity index (χ1v) is 12.7. The van der Waals surface area contributed by atoms with E-state index in [9.17, 15) is 18.0 Å². The quantitative estimate of drug-likeness (QED) is 0.576. The summed E-state index contributed by atoms with van der Waals surface area (Å²) < 4.78 is 28.0. The van der Waals surface area contributed by atoms with Crippen molar-refractivity contribution in [1.82, 2.24) is 10.2 Å². The van der Waals surface area contributed by atoms with Gasteiger partial charge < -0.3 is 15.5 Å². The number of hydrogen-bond acceptors (Lipinski definition) is 5. The third-order valence-electron chi connectivity index (χ3n) is 5.84. The molecule has 0 atom stereocenters. The van der Waals surface area contributed by atoms with Gasteiger partial charge in [-0.15, -0.1) is 0 Å². The van der Waals surface area contributed by atoms with Crippen LogP contribution in [0.3, 0.4) is 0 Å². The summed E-state index contributed by atoms with van der Waals surface area (Å²) >= 11 is 0. The monoisotopic (exact) mass is 472 g/mol. The Kier molecular flexibility index (Phi) is 8.10. The van der Waals surface area contributed by atoms with Gasteiger partial charge in [-0.25, -0.2) is 8.42 Å². The van der Waals surface area contributed by atoms with Gasteiger partial charge in [0.15, 0.2) is 0 Å². The van der Waals surface area contributed by atoms with Gasteiger partial charge in [0.05, 0.1) is 10.6 Å². The summed E-state index contributed by atoms with van der Waals surface area (Å²) in [5.41, 5.74) is 2.78. The number of sulfonamides is 1. The van der Waals surface area contributed by atoms with Crippen LogP contribution in [0, 0.1) is 6.92 Å². The lowest BCUT2D eigenvalue weighted by Gasteiger charge is -2.31. The molecule has 0 bridgehead atoms. The smallest absolute Gasteiger partial charge is 0.313 e. The number of aryl methyl sites for hydroxylation is 2. The number of benzene rings is 2. The first-order chi connectivity index (χ1) is 15.8. The van der Waals surface area contributed by atoms with Gasteiger partial charge >= 0.3 is 11.8 Å². The second kappa shape index (κ2) is 10.8. The molecule has 1 aliphatic rings. The molecule has 0 radical (unpaired) electrons. The molecule has 2 N–H and O–H groups in total. The molecule has 178 valence electrons. The summed E-state index contributed by atoms with van der Waals surface area (Å²) in [6, 6.07) is 11.9. The fraction of sp³-hybridized carbons (Fsp3) is 0.417. The number of fused-ring (bicyclic) bond motifs is 1. The minimum Gasteiger partial charge on any atom is -0.347 e. The van der Waals surface area contributed by atoms with Crippen LogP contribution >= 0.6 is 0 Å². The van der Waals surface area contributed by atoms with Crippen molar-refractivity contribution in [3.8, 4) is 0 Å². The van der Waals surface area contributed by atoms with Gasteiger partial charge in [-0.1, -0.05) is 37.6 Å². The van der Waals surface area contributed by atoms with E-state index in [0.717, 1.165) is 30.6 Å². The van der Waals surface area contributed by atoms with E-state index in [2.05, 4.69) is 15.5 Å². The van der Waals surface area contributed by atoms with Crippen LogP contribution in [0.1, 0.15) is 31.4 Å². The van der Waals surface area contributed by atoms with Gasteiger partial charge in [0.1, 0.15) is 0 Å². The summed E-state index contributed by atoms with van der Waals surface area (Å²) in [6.45, 7) is 9.11. The zero-order chi connectivity index (χ0) is 24.0. The second-order valence-electron chi connectivity index (χ2n) is 8.07. The molecule has 0 unspecified atom stereocenters. The molecule has 0 aromatic heterocycles. The fourth-order valence-electron chi connectivity index (χ4n) is 3.84. The highest BCUT2D eigenvalue weighted by Gasteiger charge is 2.29. The summed E-state index contributed by atoms with van der Waals surface area (Å²) in [4.78, 5) is 26.9. The van der Waals surface area contributed by atoms with Crippen molar-refractivity contribution in [3.63, 3.8) is 0 Å². The maximum atomic E-state index is 13.3. The third kappa shape index (κ3) is 5.91. The Hall–Kier alpha value is -2.91. The standard InChI is InChI=1S/C24H32N4O4S/c1-4-27(5-2)16-14-25-23(29)24(30)26-20-11-10-19-7-6-15-28(22(19)17-20)33(31,32)21-12-8-18(3)9-13-21/h8-13,17H,4-7,14-16H2,1-3H3,(H,25,29)(H,26,30). The maximum absolute atomic E-state index is 13.3. The number of hydrogen-bond donors (Lipinski definition) is 2. The molecule has 1 heterocycles. The average molecular weight is 473 g/mol. The van der Waals surface area contributed by atoms with Crippen LogP contribution in [0.15, 0.2) is 47.4 Å². The van der Waals surface area contributed by atoms with Crippen LogP contribution < -0.4 is 14.9 Å². The molecule has 1 aliphatic heterocycles. The van der Waals surface area contributed by atoms with E-state index in [4.69, 9.17) is 0 Å². The maximum Gasteiger partial charge on any atom is 0.313 e. The molecule has 2 aromatic carbocycles. The zero-order valence-corrected chi connectivity index (χ0v) is 20.2. The van der Waals surface area contributed by atoms with Crippen LogP contribution in [0.5, 0.6) is 0 Å². The van der Waals surface area contributed by atoms with E-state index in [1.807, 2.05) is 20.8 Å². The van der Waals surface area contributed by atoms with E-state index < -0.39 is 21.8 Å². The summed E-state index contributed by atoms with van der Waals surface area (Å²) in [7, 11) is -3.74. The number of carbonyl (C=O) groups excluding carboxylic acids is 2. The Morgan fingerprint density at radius 3 is 2.39 bits per heavy atom. The van der Waals surface area contributed by atoms with Crippen LogP contribution in [0.4, 0.5) is 11.4 Å². The molecule has 0 spiro atoms. The minimum absolute atomic E-state index is 0.225.